The van der Waals surface area contributed by atoms with Crippen molar-refractivity contribution in [1.29, 1.82) is 0 Å². The van der Waals surface area contributed by atoms with Gasteiger partial charge in [-0.1, -0.05) is 19.4 Å². The van der Waals surface area contributed by atoms with Gasteiger partial charge in [-0.3, -0.25) is 9.59 Å². The fraction of sp³-hybridized carbons (Fsp3) is 0.429. The number of hydrogen-bond acceptors (Lipinski definition) is 2. The van der Waals surface area contributed by atoms with E-state index in [2.05, 4.69) is 5.32 Å². The molecule has 4 nitrogen and oxygen atoms in total. The van der Waals surface area contributed by atoms with Gasteiger partial charge in [0.2, 0.25) is 11.8 Å². The summed E-state index contributed by atoms with van der Waals surface area (Å²) in [5.74, 6) is -2.36. The molecule has 0 spiro atoms. The molecule has 108 valence electrons. The van der Waals surface area contributed by atoms with Crippen LogP contribution in [0.15, 0.2) is 18.2 Å². The highest BCUT2D eigenvalue weighted by Gasteiger charge is 2.32. The second kappa shape index (κ2) is 5.98. The summed E-state index contributed by atoms with van der Waals surface area (Å²) < 4.78 is 27.6. The quantitative estimate of drug-likeness (QED) is 0.921. The number of anilines is 1. The number of rotatable bonds is 3. The summed E-state index contributed by atoms with van der Waals surface area (Å²) in [4.78, 5) is 25.0. The molecule has 0 aromatic heterocycles. The van der Waals surface area contributed by atoms with E-state index < -0.39 is 23.6 Å². The molecule has 1 aromatic carbocycles. The third-order valence-electron chi connectivity index (χ3n) is 3.25. The van der Waals surface area contributed by atoms with Crippen molar-refractivity contribution in [1.82, 2.24) is 5.32 Å². The van der Waals surface area contributed by atoms with Crippen molar-refractivity contribution in [2.24, 2.45) is 0 Å². The summed E-state index contributed by atoms with van der Waals surface area (Å²) in [6, 6.07) is 2.71. The minimum Gasteiger partial charge on any atom is -0.344 e. The molecule has 1 unspecified atom stereocenters. The van der Waals surface area contributed by atoms with Gasteiger partial charge in [0.15, 0.2) is 0 Å². The van der Waals surface area contributed by atoms with Gasteiger partial charge in [-0.2, -0.15) is 0 Å². The van der Waals surface area contributed by atoms with Gasteiger partial charge in [0, 0.05) is 13.0 Å². The van der Waals surface area contributed by atoms with E-state index in [0.717, 1.165) is 17.0 Å². The molecule has 1 aromatic rings. The number of halogens is 2. The normalized spacial score (nSPS) is 19.8. The number of carbonyl (C=O) groups excluding carboxylic acids is 2. The van der Waals surface area contributed by atoms with Gasteiger partial charge in [0.1, 0.15) is 23.4 Å². The van der Waals surface area contributed by atoms with Gasteiger partial charge < -0.3 is 10.2 Å². The highest BCUT2D eigenvalue weighted by Crippen LogP contribution is 2.25. The van der Waals surface area contributed by atoms with Gasteiger partial charge in [0.05, 0.1) is 0 Å². The Morgan fingerprint density at radius 1 is 1.30 bits per heavy atom. The first-order valence-corrected chi connectivity index (χ1v) is 6.59. The molecule has 1 heterocycles. The van der Waals surface area contributed by atoms with E-state index in [9.17, 15) is 18.4 Å². The Bertz CT molecular complexity index is 514. The Labute approximate surface area is 115 Å². The fourth-order valence-corrected chi connectivity index (χ4v) is 2.29. The number of carbonyl (C=O) groups is 2. The van der Waals surface area contributed by atoms with Gasteiger partial charge in [-0.15, -0.1) is 0 Å². The summed E-state index contributed by atoms with van der Waals surface area (Å²) >= 11 is 0. The Balaban J connectivity index is 2.38. The van der Waals surface area contributed by atoms with Crippen LogP contribution in [0.25, 0.3) is 0 Å². The molecule has 1 fully saturated rings. The molecule has 6 heteroatoms. The van der Waals surface area contributed by atoms with Crippen molar-refractivity contribution in [2.75, 3.05) is 11.4 Å². The van der Waals surface area contributed by atoms with E-state index in [1.807, 2.05) is 6.92 Å². The molecule has 2 amide bonds. The van der Waals surface area contributed by atoms with Crippen molar-refractivity contribution in [2.45, 2.75) is 32.2 Å². The highest BCUT2D eigenvalue weighted by atomic mass is 19.1. The minimum atomic E-state index is -0.803. The fourth-order valence-electron chi connectivity index (χ4n) is 2.29. The average molecular weight is 282 g/mol. The van der Waals surface area contributed by atoms with Crippen molar-refractivity contribution in [3.63, 3.8) is 0 Å². The largest absolute Gasteiger partial charge is 0.344 e. The van der Waals surface area contributed by atoms with Crippen molar-refractivity contribution < 1.29 is 18.4 Å². The van der Waals surface area contributed by atoms with Crippen molar-refractivity contribution in [3.8, 4) is 0 Å². The average Bonchev–Trinajstić information content (AvgIpc) is 2.52. The first kappa shape index (κ1) is 14.4. The Morgan fingerprint density at radius 2 is 1.95 bits per heavy atom. The van der Waals surface area contributed by atoms with Crippen LogP contribution in [0.4, 0.5) is 14.5 Å². The smallest absolute Gasteiger partial charge is 0.249 e. The summed E-state index contributed by atoms with van der Waals surface area (Å²) in [6.07, 6.45) is 1.15. The molecule has 0 radical (unpaired) electrons. The molecule has 1 aliphatic rings. The summed E-state index contributed by atoms with van der Waals surface area (Å²) in [6.45, 7) is 1.85. The second-order valence-electron chi connectivity index (χ2n) is 4.72. The Hall–Kier alpha value is -1.98. The van der Waals surface area contributed by atoms with Crippen LogP contribution < -0.4 is 10.2 Å². The molecule has 0 aliphatic carbocycles. The first-order valence-electron chi connectivity index (χ1n) is 6.59. The van der Waals surface area contributed by atoms with E-state index in [-0.39, 0.29) is 24.6 Å². The zero-order chi connectivity index (χ0) is 14.7. The van der Waals surface area contributed by atoms with Crippen LogP contribution in [0.1, 0.15) is 26.2 Å². The van der Waals surface area contributed by atoms with Gasteiger partial charge >= 0.3 is 0 Å². The zero-order valence-electron chi connectivity index (χ0n) is 11.2. The second-order valence-corrected chi connectivity index (χ2v) is 4.72. The topological polar surface area (TPSA) is 49.4 Å². The number of hydrogen-bond donors (Lipinski definition) is 1. The summed E-state index contributed by atoms with van der Waals surface area (Å²) in [7, 11) is 0. The van der Waals surface area contributed by atoms with Crippen LogP contribution in [-0.2, 0) is 9.59 Å². The predicted octanol–water partition coefficient (Wildman–Crippen LogP) is 1.99. The van der Waals surface area contributed by atoms with E-state index in [0.29, 0.717) is 12.8 Å². The third kappa shape index (κ3) is 2.79. The van der Waals surface area contributed by atoms with Crippen molar-refractivity contribution in [3.05, 3.63) is 29.8 Å². The number of nitrogens with zero attached hydrogens (tertiary/aromatic N) is 1. The first-order chi connectivity index (χ1) is 9.54. The monoisotopic (exact) mass is 282 g/mol. The number of benzene rings is 1. The molecule has 20 heavy (non-hydrogen) atoms. The van der Waals surface area contributed by atoms with E-state index in [1.54, 1.807) is 0 Å². The lowest BCUT2D eigenvalue weighted by atomic mass is 10.1. The van der Waals surface area contributed by atoms with E-state index in [1.165, 1.54) is 6.07 Å². The molecule has 1 aliphatic heterocycles. The highest BCUT2D eigenvalue weighted by molar-refractivity contribution is 6.01. The summed E-state index contributed by atoms with van der Waals surface area (Å²) in [5.41, 5.74) is -0.380. The molecule has 1 N–H and O–H groups in total. The molecule has 2 rings (SSSR count). The number of amides is 2. The number of nitrogens with one attached hydrogen (secondary N) is 1. The van der Waals surface area contributed by atoms with Crippen LogP contribution >= 0.6 is 0 Å². The van der Waals surface area contributed by atoms with Gasteiger partial charge in [0.25, 0.3) is 0 Å². The molecule has 1 atom stereocenters. The lowest BCUT2D eigenvalue weighted by molar-refractivity contribution is -0.125. The lowest BCUT2D eigenvalue weighted by Crippen LogP contribution is -2.45. The maximum Gasteiger partial charge on any atom is 0.249 e. The maximum atomic E-state index is 13.8. The van der Waals surface area contributed by atoms with Crippen molar-refractivity contribution >= 4 is 17.5 Å². The summed E-state index contributed by atoms with van der Waals surface area (Å²) in [5, 5.41) is 2.59. The molecule has 0 saturated carbocycles. The lowest BCUT2D eigenvalue weighted by Gasteiger charge is -2.24. The predicted molar refractivity (Wildman–Crippen MR) is 70.2 cm³/mol. The van der Waals surface area contributed by atoms with Crippen LogP contribution in [0, 0.1) is 11.6 Å². The van der Waals surface area contributed by atoms with Crippen LogP contribution in [0.3, 0.4) is 0 Å². The molecular weight excluding hydrogens is 266 g/mol. The van der Waals surface area contributed by atoms with E-state index >= 15 is 0 Å². The maximum absolute atomic E-state index is 13.8. The molecular formula is C14H16F2N2O2. The molecule has 1 saturated heterocycles. The standard InChI is InChI=1S/C14H16F2N2O2/c1-2-4-11-14(20)18(8-7-12(19)17-11)13-9(15)5-3-6-10(13)16/h3,5-6,11H,2,4,7-8H2,1H3,(H,17,19). The third-order valence-corrected chi connectivity index (χ3v) is 3.25. The minimum absolute atomic E-state index is 0.0251. The van der Waals surface area contributed by atoms with Crippen LogP contribution in [0.2, 0.25) is 0 Å². The number of para-hydroxylation sites is 1. The van der Waals surface area contributed by atoms with Gasteiger partial charge in [-0.05, 0) is 18.6 Å². The SMILES string of the molecule is CCCC1NC(=O)CCN(c2c(F)cccc2F)C1=O. The molecule has 0 bridgehead atoms. The Kier molecular flexibility index (Phi) is 4.32. The van der Waals surface area contributed by atoms with Crippen LogP contribution in [-0.4, -0.2) is 24.4 Å². The van der Waals surface area contributed by atoms with Gasteiger partial charge in [-0.25, -0.2) is 8.78 Å². The zero-order valence-corrected chi connectivity index (χ0v) is 11.2. The Morgan fingerprint density at radius 3 is 2.55 bits per heavy atom. The van der Waals surface area contributed by atoms with E-state index in [4.69, 9.17) is 0 Å². The van der Waals surface area contributed by atoms with Crippen LogP contribution in [0.5, 0.6) is 0 Å².